The summed E-state index contributed by atoms with van der Waals surface area (Å²) in [5.41, 5.74) is -0.202. The molecular formula is C40H52N2O10. The van der Waals surface area contributed by atoms with Crippen molar-refractivity contribution in [3.63, 3.8) is 0 Å². The zero-order chi connectivity index (χ0) is 38.5. The molecule has 0 aliphatic heterocycles. The molecule has 2 amide bonds. The summed E-state index contributed by atoms with van der Waals surface area (Å²) < 4.78 is 21.4. The number of alkyl carbamates (subject to hydrolysis) is 2. The Hall–Kier alpha value is -4.74. The first-order chi connectivity index (χ1) is 24.2. The van der Waals surface area contributed by atoms with Gasteiger partial charge in [-0.25, -0.2) is 19.2 Å². The lowest BCUT2D eigenvalue weighted by Crippen LogP contribution is -2.55. The molecule has 2 aliphatic carbocycles. The van der Waals surface area contributed by atoms with E-state index in [1.165, 1.54) is 0 Å². The summed E-state index contributed by atoms with van der Waals surface area (Å²) in [5.74, 6) is -2.18. The van der Waals surface area contributed by atoms with Gasteiger partial charge in [-0.2, -0.15) is 0 Å². The highest BCUT2D eigenvalue weighted by Crippen LogP contribution is 2.44. The van der Waals surface area contributed by atoms with Crippen LogP contribution in [0.5, 0.6) is 0 Å². The molecule has 12 nitrogen and oxygen atoms in total. The number of rotatable bonds is 13. The quantitative estimate of drug-likeness (QED) is 0.125. The van der Waals surface area contributed by atoms with Crippen LogP contribution in [0.15, 0.2) is 48.5 Å². The molecule has 0 spiro atoms. The normalized spacial score (nSPS) is 17.2. The van der Waals surface area contributed by atoms with Crippen LogP contribution in [-0.4, -0.2) is 72.2 Å². The molecule has 2 N–H and O–H groups in total. The zero-order valence-electron chi connectivity index (χ0n) is 31.5. The third kappa shape index (κ3) is 10.6. The zero-order valence-corrected chi connectivity index (χ0v) is 31.5. The van der Waals surface area contributed by atoms with E-state index in [0.29, 0.717) is 11.1 Å². The largest absolute Gasteiger partial charge is 0.456 e. The molecule has 0 bridgehead atoms. The van der Waals surface area contributed by atoms with E-state index >= 15 is 0 Å². The number of hydrogen-bond donors (Lipinski definition) is 2. The molecule has 1 unspecified atom stereocenters. The molecule has 4 rings (SSSR count). The van der Waals surface area contributed by atoms with E-state index in [-0.39, 0.29) is 0 Å². The van der Waals surface area contributed by atoms with Crippen LogP contribution in [0.4, 0.5) is 9.59 Å². The van der Waals surface area contributed by atoms with Crippen LogP contribution in [0, 0.1) is 10.8 Å². The van der Waals surface area contributed by atoms with Crippen LogP contribution < -0.4 is 10.6 Å². The number of ketones is 2. The van der Waals surface area contributed by atoms with E-state index < -0.39 is 83.0 Å². The molecule has 2 atom stereocenters. The molecular weight excluding hydrogens is 668 g/mol. The number of carbonyl (C=O) groups is 6. The molecule has 12 heteroatoms. The van der Waals surface area contributed by atoms with Crippen molar-refractivity contribution in [1.29, 1.82) is 0 Å². The second-order valence-corrected chi connectivity index (χ2v) is 16.4. The summed E-state index contributed by atoms with van der Waals surface area (Å²) >= 11 is 0. The van der Waals surface area contributed by atoms with Crippen molar-refractivity contribution >= 4 is 35.7 Å². The highest BCUT2D eigenvalue weighted by Gasteiger charge is 2.47. The second-order valence-electron chi connectivity index (χ2n) is 16.4. The SMILES string of the molecule is CC(C)(C)OC(=O)NC(C(=O)OCC(=O)c1ccc(-c2ccc(C(=O)COC(=O)[C@@H](NC(=O)OC(C)(C)C)C3(C)CCC3)cc2)cc1)C1(C)CCC1. The molecule has 0 saturated heterocycles. The lowest BCUT2D eigenvalue weighted by Gasteiger charge is -2.43. The summed E-state index contributed by atoms with van der Waals surface area (Å²) in [6.45, 7) is 13.2. The number of esters is 2. The Balaban J connectivity index is 1.30. The van der Waals surface area contributed by atoms with Crippen molar-refractivity contribution in [1.82, 2.24) is 10.6 Å². The highest BCUT2D eigenvalue weighted by molar-refractivity contribution is 6.00. The standard InChI is InChI=1S/C40H52N2O10/c1-37(2,3)51-35(47)41-31(39(7)19-9-20-39)33(45)49-23-29(43)27-15-11-25(12-16-27)26-13-17-28(18-14-26)30(44)24-50-34(46)32(40(8)21-10-22-40)42-36(48)52-38(4,5)6/h11-18,31-32H,9-10,19-24H2,1-8H3,(H,41,47)(H,42,48)/t31-,32?/m1/s1. The minimum atomic E-state index is -0.943. The number of benzene rings is 2. The van der Waals surface area contributed by atoms with Gasteiger partial charge in [-0.15, -0.1) is 0 Å². The fraction of sp³-hybridized carbons (Fsp3) is 0.550. The van der Waals surface area contributed by atoms with Crippen LogP contribution in [0.1, 0.15) is 115 Å². The van der Waals surface area contributed by atoms with Gasteiger partial charge in [-0.05, 0) is 89.2 Å². The average molecular weight is 721 g/mol. The first kappa shape index (κ1) is 40.0. The van der Waals surface area contributed by atoms with Crippen LogP contribution in [0.2, 0.25) is 0 Å². The summed E-state index contributed by atoms with van der Waals surface area (Å²) in [5, 5.41) is 5.29. The van der Waals surface area contributed by atoms with E-state index in [1.54, 1.807) is 90.1 Å². The first-order valence-electron chi connectivity index (χ1n) is 17.8. The van der Waals surface area contributed by atoms with Gasteiger partial charge in [-0.1, -0.05) is 75.2 Å². The van der Waals surface area contributed by atoms with Crippen LogP contribution >= 0.6 is 0 Å². The van der Waals surface area contributed by atoms with Gasteiger partial charge in [0.05, 0.1) is 0 Å². The molecule has 2 aliphatic rings. The van der Waals surface area contributed by atoms with Crippen molar-refractivity contribution in [2.75, 3.05) is 13.2 Å². The number of nitrogens with one attached hydrogen (secondary N) is 2. The first-order valence-corrected chi connectivity index (χ1v) is 17.8. The Morgan fingerprint density at radius 1 is 0.577 bits per heavy atom. The van der Waals surface area contributed by atoms with E-state index in [1.807, 2.05) is 13.8 Å². The van der Waals surface area contributed by atoms with Gasteiger partial charge in [0, 0.05) is 11.1 Å². The lowest BCUT2D eigenvalue weighted by atomic mass is 9.65. The van der Waals surface area contributed by atoms with E-state index in [4.69, 9.17) is 18.9 Å². The second kappa shape index (κ2) is 15.9. The van der Waals surface area contributed by atoms with Crippen molar-refractivity contribution < 1.29 is 47.7 Å². The Morgan fingerprint density at radius 3 is 1.13 bits per heavy atom. The van der Waals surface area contributed by atoms with E-state index in [0.717, 1.165) is 49.7 Å². The fourth-order valence-electron chi connectivity index (χ4n) is 6.24. The third-order valence-corrected chi connectivity index (χ3v) is 9.62. The van der Waals surface area contributed by atoms with Gasteiger partial charge in [0.2, 0.25) is 0 Å². The van der Waals surface area contributed by atoms with Gasteiger partial charge in [-0.3, -0.25) is 9.59 Å². The van der Waals surface area contributed by atoms with Crippen LogP contribution in [0.25, 0.3) is 11.1 Å². The van der Waals surface area contributed by atoms with Gasteiger partial charge < -0.3 is 29.6 Å². The number of hydrogen-bond acceptors (Lipinski definition) is 10. The van der Waals surface area contributed by atoms with Crippen molar-refractivity contribution in [3.05, 3.63) is 59.7 Å². The Kier molecular flexibility index (Phi) is 12.2. The minimum absolute atomic E-state index is 0.340. The van der Waals surface area contributed by atoms with Crippen LogP contribution in [-0.2, 0) is 28.5 Å². The predicted molar refractivity (Wildman–Crippen MR) is 193 cm³/mol. The Morgan fingerprint density at radius 2 is 0.885 bits per heavy atom. The molecule has 2 aromatic rings. The van der Waals surface area contributed by atoms with E-state index in [2.05, 4.69) is 10.6 Å². The summed E-state index contributed by atoms with van der Waals surface area (Å²) in [4.78, 5) is 76.9. The van der Waals surface area contributed by atoms with Crippen molar-refractivity contribution in [2.45, 2.75) is 117 Å². The molecule has 0 heterocycles. The van der Waals surface area contributed by atoms with E-state index in [9.17, 15) is 28.8 Å². The lowest BCUT2D eigenvalue weighted by molar-refractivity contribution is -0.151. The molecule has 52 heavy (non-hydrogen) atoms. The summed E-state index contributed by atoms with van der Waals surface area (Å²) in [7, 11) is 0. The smallest absolute Gasteiger partial charge is 0.408 e. The maximum atomic E-state index is 13.1. The van der Waals surface area contributed by atoms with Crippen LogP contribution in [0.3, 0.4) is 0 Å². The Labute approximate surface area is 305 Å². The average Bonchev–Trinajstić information content (AvgIpc) is 3.03. The maximum Gasteiger partial charge on any atom is 0.408 e. The van der Waals surface area contributed by atoms with Crippen molar-refractivity contribution in [3.8, 4) is 11.1 Å². The van der Waals surface area contributed by atoms with Crippen molar-refractivity contribution in [2.24, 2.45) is 10.8 Å². The number of amides is 2. The number of Topliss-reactive ketones (excluding diaryl/α,β-unsaturated/α-hetero) is 2. The summed E-state index contributed by atoms with van der Waals surface area (Å²) in [6, 6.07) is 11.6. The molecule has 282 valence electrons. The maximum absolute atomic E-state index is 13.1. The molecule has 2 aromatic carbocycles. The topological polar surface area (TPSA) is 163 Å². The van der Waals surface area contributed by atoms with Gasteiger partial charge in [0.15, 0.2) is 24.8 Å². The van der Waals surface area contributed by atoms with Gasteiger partial charge >= 0.3 is 24.1 Å². The van der Waals surface area contributed by atoms with Gasteiger partial charge in [0.25, 0.3) is 0 Å². The monoisotopic (exact) mass is 720 g/mol. The summed E-state index contributed by atoms with van der Waals surface area (Å²) in [6.07, 6.45) is 3.33. The number of ether oxygens (including phenoxy) is 4. The third-order valence-electron chi connectivity index (χ3n) is 9.62. The predicted octanol–water partition coefficient (Wildman–Crippen LogP) is 6.97. The molecule has 0 aromatic heterocycles. The number of carbonyl (C=O) groups excluding carboxylic acids is 6. The fourth-order valence-corrected chi connectivity index (χ4v) is 6.24. The molecule has 2 fully saturated rings. The van der Waals surface area contributed by atoms with Gasteiger partial charge in [0.1, 0.15) is 23.3 Å². The molecule has 2 saturated carbocycles. The Bertz CT molecular complexity index is 1520. The minimum Gasteiger partial charge on any atom is -0.456 e. The molecule has 0 radical (unpaired) electrons. The highest BCUT2D eigenvalue weighted by atomic mass is 16.6.